The molecule has 102 valence electrons. The Bertz CT molecular complexity index is 516. The first-order valence-corrected chi connectivity index (χ1v) is 5.97. The van der Waals surface area contributed by atoms with E-state index in [0.29, 0.717) is 15.6 Å². The first-order chi connectivity index (χ1) is 8.90. The molecule has 1 atom stereocenters. The summed E-state index contributed by atoms with van der Waals surface area (Å²) in [5.74, 6) is -1.93. The van der Waals surface area contributed by atoms with Crippen molar-refractivity contribution in [2.45, 2.75) is 6.10 Å². The number of carbonyl (C=O) groups excluding carboxylic acids is 1. The van der Waals surface area contributed by atoms with Crippen LogP contribution in [0.4, 0.5) is 0 Å². The zero-order chi connectivity index (χ0) is 14.4. The number of benzene rings is 1. The van der Waals surface area contributed by atoms with Gasteiger partial charge in [0.05, 0.1) is 6.54 Å². The highest BCUT2D eigenvalue weighted by atomic mass is 35.5. The molecule has 0 aliphatic carbocycles. The molecule has 0 aromatic heterocycles. The molecule has 19 heavy (non-hydrogen) atoms. The molecule has 0 bridgehead atoms. The summed E-state index contributed by atoms with van der Waals surface area (Å²) in [5.41, 5.74) is 0.597. The molecule has 0 heterocycles. The Labute approximate surface area is 119 Å². The van der Waals surface area contributed by atoms with Crippen molar-refractivity contribution >= 4 is 41.2 Å². The van der Waals surface area contributed by atoms with Gasteiger partial charge >= 0.3 is 5.97 Å². The molecule has 3 N–H and O–H groups in total. The maximum absolute atomic E-state index is 11.4. The maximum Gasteiger partial charge on any atom is 0.334 e. The number of carboxylic acid groups (broad SMARTS) is 1. The number of halogens is 2. The van der Waals surface area contributed by atoms with Crippen LogP contribution in [0, 0.1) is 0 Å². The van der Waals surface area contributed by atoms with E-state index in [9.17, 15) is 9.59 Å². The van der Waals surface area contributed by atoms with Crippen molar-refractivity contribution in [2.24, 2.45) is 0 Å². The Morgan fingerprint density at radius 2 is 2.05 bits per heavy atom. The van der Waals surface area contributed by atoms with Gasteiger partial charge in [-0.05, 0) is 23.8 Å². The number of aliphatic hydroxyl groups is 1. The fourth-order valence-electron chi connectivity index (χ4n) is 1.15. The summed E-state index contributed by atoms with van der Waals surface area (Å²) in [5, 5.41) is 20.5. The van der Waals surface area contributed by atoms with Gasteiger partial charge in [0.2, 0.25) is 5.91 Å². The minimum atomic E-state index is -1.63. The first-order valence-electron chi connectivity index (χ1n) is 5.22. The summed E-state index contributed by atoms with van der Waals surface area (Å²) in [6.45, 7) is -0.368. The van der Waals surface area contributed by atoms with Gasteiger partial charge in [-0.3, -0.25) is 4.79 Å². The van der Waals surface area contributed by atoms with E-state index >= 15 is 0 Å². The van der Waals surface area contributed by atoms with Crippen LogP contribution >= 0.6 is 23.2 Å². The molecular weight excluding hydrogens is 293 g/mol. The third kappa shape index (κ3) is 5.30. The number of aliphatic carboxylic acids is 1. The lowest BCUT2D eigenvalue weighted by Crippen LogP contribution is -2.35. The number of carboxylic acids is 1. The standard InChI is InChI=1S/C12H11Cl2NO4/c13-8-3-1-7(9(14)5-8)2-4-11(17)15-6-10(16)12(18)19/h1-5,10,16H,6H2,(H,15,17)(H,18,19). The van der Waals surface area contributed by atoms with Gasteiger partial charge in [0, 0.05) is 16.1 Å². The van der Waals surface area contributed by atoms with E-state index in [1.165, 1.54) is 18.2 Å². The second-order valence-corrected chi connectivity index (χ2v) is 4.44. The number of nitrogens with one attached hydrogen (secondary N) is 1. The van der Waals surface area contributed by atoms with Crippen LogP contribution in [-0.2, 0) is 9.59 Å². The lowest BCUT2D eigenvalue weighted by molar-refractivity contribution is -0.146. The summed E-state index contributed by atoms with van der Waals surface area (Å²) in [6, 6.07) is 4.80. The number of aliphatic hydroxyl groups excluding tert-OH is 1. The van der Waals surface area contributed by atoms with Crippen LogP contribution in [0.25, 0.3) is 6.08 Å². The van der Waals surface area contributed by atoms with E-state index in [1.54, 1.807) is 12.1 Å². The Morgan fingerprint density at radius 1 is 1.37 bits per heavy atom. The Kier molecular flexibility index (Phi) is 5.82. The monoisotopic (exact) mass is 303 g/mol. The van der Waals surface area contributed by atoms with Crippen molar-refractivity contribution in [1.82, 2.24) is 5.32 Å². The lowest BCUT2D eigenvalue weighted by atomic mass is 10.2. The number of hydrogen-bond acceptors (Lipinski definition) is 3. The third-order valence-electron chi connectivity index (χ3n) is 2.13. The molecular formula is C12H11Cl2NO4. The van der Waals surface area contributed by atoms with Crippen LogP contribution in [-0.4, -0.2) is 34.7 Å². The minimum Gasteiger partial charge on any atom is -0.479 e. The van der Waals surface area contributed by atoms with Gasteiger partial charge in [0.1, 0.15) is 0 Å². The molecule has 1 aromatic carbocycles. The van der Waals surface area contributed by atoms with Crippen LogP contribution in [0.2, 0.25) is 10.0 Å². The highest BCUT2D eigenvalue weighted by Crippen LogP contribution is 2.21. The predicted molar refractivity (Wildman–Crippen MR) is 72.1 cm³/mol. The summed E-state index contributed by atoms with van der Waals surface area (Å²) in [4.78, 5) is 21.7. The van der Waals surface area contributed by atoms with Crippen LogP contribution in [0.3, 0.4) is 0 Å². The number of rotatable bonds is 5. The van der Waals surface area contributed by atoms with Crippen LogP contribution < -0.4 is 5.32 Å². The van der Waals surface area contributed by atoms with Gasteiger partial charge in [-0.2, -0.15) is 0 Å². The Balaban J connectivity index is 2.56. The number of carbonyl (C=O) groups is 2. The highest BCUT2D eigenvalue weighted by Gasteiger charge is 2.12. The van der Waals surface area contributed by atoms with Crippen LogP contribution in [0.15, 0.2) is 24.3 Å². The minimum absolute atomic E-state index is 0.368. The molecule has 1 rings (SSSR count). The average Bonchev–Trinajstić information content (AvgIpc) is 2.34. The van der Waals surface area contributed by atoms with E-state index in [0.717, 1.165) is 0 Å². The normalized spacial score (nSPS) is 12.4. The van der Waals surface area contributed by atoms with E-state index in [1.807, 2.05) is 0 Å². The molecule has 0 saturated carbocycles. The van der Waals surface area contributed by atoms with Gasteiger partial charge in [-0.15, -0.1) is 0 Å². The molecule has 1 aromatic rings. The molecule has 7 heteroatoms. The second kappa shape index (κ2) is 7.13. The molecule has 5 nitrogen and oxygen atoms in total. The quantitative estimate of drug-likeness (QED) is 0.721. The molecule has 0 spiro atoms. The molecule has 0 saturated heterocycles. The van der Waals surface area contributed by atoms with E-state index in [4.69, 9.17) is 33.4 Å². The topological polar surface area (TPSA) is 86.6 Å². The zero-order valence-corrected chi connectivity index (χ0v) is 11.1. The first kappa shape index (κ1) is 15.5. The summed E-state index contributed by atoms with van der Waals surface area (Å²) < 4.78 is 0. The van der Waals surface area contributed by atoms with Crippen molar-refractivity contribution in [3.05, 3.63) is 39.9 Å². The predicted octanol–water partition coefficient (Wildman–Crippen LogP) is 1.57. The maximum atomic E-state index is 11.4. The molecule has 0 aliphatic heterocycles. The van der Waals surface area contributed by atoms with Gasteiger partial charge < -0.3 is 15.5 Å². The molecule has 1 unspecified atom stereocenters. The SMILES string of the molecule is O=C(C=Cc1ccc(Cl)cc1Cl)NCC(O)C(=O)O. The van der Waals surface area contributed by atoms with Gasteiger partial charge in [0.15, 0.2) is 6.10 Å². The fraction of sp³-hybridized carbons (Fsp3) is 0.167. The Hall–Kier alpha value is -1.56. The second-order valence-electron chi connectivity index (χ2n) is 3.60. The van der Waals surface area contributed by atoms with Crippen LogP contribution in [0.1, 0.15) is 5.56 Å². The zero-order valence-electron chi connectivity index (χ0n) is 9.64. The largest absolute Gasteiger partial charge is 0.479 e. The van der Waals surface area contributed by atoms with Gasteiger partial charge in [0.25, 0.3) is 0 Å². The molecule has 0 fully saturated rings. The summed E-state index contributed by atoms with van der Waals surface area (Å²) in [7, 11) is 0. The van der Waals surface area contributed by atoms with E-state index in [-0.39, 0.29) is 6.54 Å². The average molecular weight is 304 g/mol. The number of hydrogen-bond donors (Lipinski definition) is 3. The van der Waals surface area contributed by atoms with Gasteiger partial charge in [-0.25, -0.2) is 4.79 Å². The highest BCUT2D eigenvalue weighted by molar-refractivity contribution is 6.35. The molecule has 0 aliphatic rings. The molecule has 1 amide bonds. The Morgan fingerprint density at radius 3 is 2.63 bits per heavy atom. The van der Waals surface area contributed by atoms with E-state index in [2.05, 4.69) is 5.32 Å². The third-order valence-corrected chi connectivity index (χ3v) is 2.69. The van der Waals surface area contributed by atoms with Crippen molar-refractivity contribution in [3.8, 4) is 0 Å². The van der Waals surface area contributed by atoms with Crippen molar-refractivity contribution in [3.63, 3.8) is 0 Å². The van der Waals surface area contributed by atoms with Crippen LogP contribution in [0.5, 0.6) is 0 Å². The van der Waals surface area contributed by atoms with Crippen molar-refractivity contribution in [2.75, 3.05) is 6.54 Å². The van der Waals surface area contributed by atoms with E-state index < -0.39 is 18.0 Å². The summed E-state index contributed by atoms with van der Waals surface area (Å²) >= 11 is 11.6. The van der Waals surface area contributed by atoms with Crippen molar-refractivity contribution < 1.29 is 19.8 Å². The smallest absolute Gasteiger partial charge is 0.334 e. The summed E-state index contributed by atoms with van der Waals surface area (Å²) in [6.07, 6.45) is 1.02. The van der Waals surface area contributed by atoms with Crippen molar-refractivity contribution in [1.29, 1.82) is 0 Å². The number of amides is 1. The lowest BCUT2D eigenvalue weighted by Gasteiger charge is -2.05. The van der Waals surface area contributed by atoms with Gasteiger partial charge in [-0.1, -0.05) is 29.3 Å². The molecule has 0 radical (unpaired) electrons. The fourth-order valence-corrected chi connectivity index (χ4v) is 1.62.